The second kappa shape index (κ2) is 7.93. The van der Waals surface area contributed by atoms with Gasteiger partial charge in [0.05, 0.1) is 10.6 Å². The minimum atomic E-state index is -3.65. The third-order valence-electron chi connectivity index (χ3n) is 3.63. The van der Waals surface area contributed by atoms with Crippen LogP contribution in [0.5, 0.6) is 0 Å². The first-order valence-electron chi connectivity index (χ1n) is 7.79. The van der Waals surface area contributed by atoms with Crippen LogP contribution in [0.15, 0.2) is 58.3 Å². The average molecular weight is 379 g/mol. The molecule has 0 radical (unpaired) electrons. The highest BCUT2D eigenvalue weighted by atomic mass is 32.2. The molecule has 5 nitrogen and oxygen atoms in total. The molecule has 0 spiro atoms. The predicted molar refractivity (Wildman–Crippen MR) is 103 cm³/mol. The summed E-state index contributed by atoms with van der Waals surface area (Å²) in [6.07, 6.45) is 1.94. The highest BCUT2D eigenvalue weighted by molar-refractivity contribution is 7.98. The van der Waals surface area contributed by atoms with Gasteiger partial charge in [-0.15, -0.1) is 11.8 Å². The summed E-state index contributed by atoms with van der Waals surface area (Å²) in [5, 5.41) is 2.80. The first-order chi connectivity index (χ1) is 11.8. The van der Waals surface area contributed by atoms with E-state index in [1.165, 1.54) is 11.4 Å². The van der Waals surface area contributed by atoms with E-state index in [1.54, 1.807) is 60.3 Å². The van der Waals surface area contributed by atoms with E-state index in [9.17, 15) is 13.2 Å². The number of sulfonamides is 1. The van der Waals surface area contributed by atoms with Gasteiger partial charge in [-0.2, -0.15) is 0 Å². The summed E-state index contributed by atoms with van der Waals surface area (Å²) in [6, 6.07) is 13.3. The zero-order chi connectivity index (χ0) is 18.6. The Hall–Kier alpha value is -1.99. The van der Waals surface area contributed by atoms with Gasteiger partial charge in [0, 0.05) is 23.5 Å². The molecule has 0 unspecified atom stereocenters. The molecule has 0 bridgehead atoms. The summed E-state index contributed by atoms with van der Waals surface area (Å²) in [7, 11) is -2.14. The van der Waals surface area contributed by atoms with Crippen LogP contribution in [0.1, 0.15) is 24.2 Å². The van der Waals surface area contributed by atoms with Gasteiger partial charge in [-0.3, -0.25) is 9.10 Å². The average Bonchev–Trinajstić information content (AvgIpc) is 2.60. The molecule has 2 aromatic carbocycles. The lowest BCUT2D eigenvalue weighted by atomic mass is 10.2. The Morgan fingerprint density at radius 1 is 1.04 bits per heavy atom. The monoisotopic (exact) mass is 378 g/mol. The van der Waals surface area contributed by atoms with Gasteiger partial charge in [0.25, 0.3) is 15.9 Å². The molecule has 0 aliphatic heterocycles. The quantitative estimate of drug-likeness (QED) is 0.783. The Morgan fingerprint density at radius 3 is 2.08 bits per heavy atom. The molecule has 2 rings (SSSR count). The van der Waals surface area contributed by atoms with Gasteiger partial charge >= 0.3 is 0 Å². The molecule has 0 fully saturated rings. The summed E-state index contributed by atoms with van der Waals surface area (Å²) in [5.74, 6) is -0.181. The van der Waals surface area contributed by atoms with Crippen LogP contribution < -0.4 is 9.62 Å². The first kappa shape index (κ1) is 19.3. The number of thioether (sulfide) groups is 1. The van der Waals surface area contributed by atoms with Crippen LogP contribution in [0, 0.1) is 0 Å². The molecule has 0 saturated carbocycles. The number of hydrogen-bond acceptors (Lipinski definition) is 4. The van der Waals surface area contributed by atoms with Crippen molar-refractivity contribution in [3.05, 3.63) is 54.1 Å². The maximum Gasteiger partial charge on any atom is 0.264 e. The number of carbonyl (C=O) groups excluding carboxylic acids is 1. The summed E-state index contributed by atoms with van der Waals surface area (Å²) in [6.45, 7) is 3.77. The maximum atomic E-state index is 12.7. The van der Waals surface area contributed by atoms with Crippen LogP contribution in [0.3, 0.4) is 0 Å². The number of benzene rings is 2. The van der Waals surface area contributed by atoms with E-state index >= 15 is 0 Å². The molecule has 25 heavy (non-hydrogen) atoms. The largest absolute Gasteiger partial charge is 0.350 e. The second-order valence-corrected chi connectivity index (χ2v) is 8.67. The lowest BCUT2D eigenvalue weighted by Crippen LogP contribution is -2.30. The SMILES string of the molecule is CSc1ccc(S(=O)(=O)N(C)c2ccc(C(=O)NC(C)C)cc2)cc1. The molecule has 0 saturated heterocycles. The smallest absolute Gasteiger partial charge is 0.264 e. The predicted octanol–water partition coefficient (Wildman–Crippen LogP) is 3.37. The second-order valence-electron chi connectivity index (χ2n) is 5.82. The van der Waals surface area contributed by atoms with E-state index in [-0.39, 0.29) is 16.8 Å². The van der Waals surface area contributed by atoms with Crippen LogP contribution >= 0.6 is 11.8 Å². The number of rotatable bonds is 6. The topological polar surface area (TPSA) is 66.5 Å². The van der Waals surface area contributed by atoms with Crippen molar-refractivity contribution in [1.82, 2.24) is 5.32 Å². The molecule has 0 aliphatic carbocycles. The molecule has 0 aliphatic rings. The van der Waals surface area contributed by atoms with Crippen molar-refractivity contribution >= 4 is 33.4 Å². The van der Waals surface area contributed by atoms with Crippen LogP contribution in [0.4, 0.5) is 5.69 Å². The fourth-order valence-corrected chi connectivity index (χ4v) is 3.82. The van der Waals surface area contributed by atoms with Crippen molar-refractivity contribution in [2.75, 3.05) is 17.6 Å². The Kier molecular flexibility index (Phi) is 6.13. The molecular formula is C18H22N2O3S2. The van der Waals surface area contributed by atoms with E-state index in [1.807, 2.05) is 20.1 Å². The number of amides is 1. The molecular weight excluding hydrogens is 356 g/mol. The normalized spacial score (nSPS) is 11.4. The third kappa shape index (κ3) is 4.55. The zero-order valence-corrected chi connectivity index (χ0v) is 16.3. The number of anilines is 1. The number of nitrogens with zero attached hydrogens (tertiary/aromatic N) is 1. The fourth-order valence-electron chi connectivity index (χ4n) is 2.21. The lowest BCUT2D eigenvalue weighted by molar-refractivity contribution is 0.0943. The van der Waals surface area contributed by atoms with E-state index in [2.05, 4.69) is 5.32 Å². The third-order valence-corrected chi connectivity index (χ3v) is 6.17. The molecule has 0 heterocycles. The van der Waals surface area contributed by atoms with Gasteiger partial charge in [-0.05, 0) is 68.6 Å². The summed E-state index contributed by atoms with van der Waals surface area (Å²) in [5.41, 5.74) is 0.989. The van der Waals surface area contributed by atoms with Gasteiger partial charge in [-0.25, -0.2) is 8.42 Å². The molecule has 0 aromatic heterocycles. The van der Waals surface area contributed by atoms with Gasteiger partial charge in [-0.1, -0.05) is 0 Å². The van der Waals surface area contributed by atoms with E-state index in [4.69, 9.17) is 0 Å². The highest BCUT2D eigenvalue weighted by Crippen LogP contribution is 2.24. The van der Waals surface area contributed by atoms with Gasteiger partial charge in [0.1, 0.15) is 0 Å². The van der Waals surface area contributed by atoms with Crippen LogP contribution in [-0.2, 0) is 10.0 Å². The molecule has 1 amide bonds. The van der Waals surface area contributed by atoms with Crippen molar-refractivity contribution in [1.29, 1.82) is 0 Å². The van der Waals surface area contributed by atoms with Crippen molar-refractivity contribution in [3.63, 3.8) is 0 Å². The Balaban J connectivity index is 2.23. The van der Waals surface area contributed by atoms with Crippen LogP contribution in [0.2, 0.25) is 0 Å². The van der Waals surface area contributed by atoms with E-state index < -0.39 is 10.0 Å². The highest BCUT2D eigenvalue weighted by Gasteiger charge is 2.21. The standard InChI is InChI=1S/C18H22N2O3S2/c1-13(2)19-18(21)14-5-7-15(8-6-14)20(3)25(22,23)17-11-9-16(24-4)10-12-17/h5-13H,1-4H3,(H,19,21). The van der Waals surface area contributed by atoms with Crippen molar-refractivity contribution < 1.29 is 13.2 Å². The van der Waals surface area contributed by atoms with Gasteiger partial charge in [0.2, 0.25) is 0 Å². The summed E-state index contributed by atoms with van der Waals surface area (Å²) in [4.78, 5) is 13.2. The van der Waals surface area contributed by atoms with E-state index in [0.29, 0.717) is 11.3 Å². The first-order valence-corrected chi connectivity index (χ1v) is 10.5. The zero-order valence-electron chi connectivity index (χ0n) is 14.7. The summed E-state index contributed by atoms with van der Waals surface area (Å²) < 4.78 is 26.7. The Labute approximate surface area is 153 Å². The van der Waals surface area contributed by atoms with Gasteiger partial charge < -0.3 is 5.32 Å². The fraction of sp³-hybridized carbons (Fsp3) is 0.278. The van der Waals surface area contributed by atoms with E-state index in [0.717, 1.165) is 4.90 Å². The molecule has 134 valence electrons. The van der Waals surface area contributed by atoms with Crippen LogP contribution in [-0.4, -0.2) is 33.7 Å². The lowest BCUT2D eigenvalue weighted by Gasteiger charge is -2.20. The molecule has 0 atom stereocenters. The molecule has 1 N–H and O–H groups in total. The Morgan fingerprint density at radius 2 is 1.60 bits per heavy atom. The van der Waals surface area contributed by atoms with Crippen molar-refractivity contribution in [2.45, 2.75) is 29.7 Å². The molecule has 7 heteroatoms. The van der Waals surface area contributed by atoms with Crippen molar-refractivity contribution in [3.8, 4) is 0 Å². The van der Waals surface area contributed by atoms with Crippen LogP contribution in [0.25, 0.3) is 0 Å². The summed E-state index contributed by atoms with van der Waals surface area (Å²) >= 11 is 1.55. The minimum absolute atomic E-state index is 0.0412. The van der Waals surface area contributed by atoms with Crippen molar-refractivity contribution in [2.24, 2.45) is 0 Å². The number of carbonyl (C=O) groups is 1. The maximum absolute atomic E-state index is 12.7. The van der Waals surface area contributed by atoms with Gasteiger partial charge in [0.15, 0.2) is 0 Å². The molecule has 2 aromatic rings. The Bertz CT molecular complexity index is 830. The minimum Gasteiger partial charge on any atom is -0.350 e. The number of nitrogens with one attached hydrogen (secondary N) is 1. The number of hydrogen-bond donors (Lipinski definition) is 1.